The normalized spacial score (nSPS) is 16.2. The van der Waals surface area contributed by atoms with Crippen molar-refractivity contribution in [2.75, 3.05) is 31.1 Å². The molecule has 0 unspecified atom stereocenters. The van der Waals surface area contributed by atoms with Gasteiger partial charge < -0.3 is 15.0 Å². The van der Waals surface area contributed by atoms with Crippen LogP contribution in [0.15, 0.2) is 30.5 Å². The summed E-state index contributed by atoms with van der Waals surface area (Å²) in [6, 6.07) is 6.43. The third kappa shape index (κ3) is 3.02. The second-order valence-electron chi connectivity index (χ2n) is 4.77. The minimum Gasteiger partial charge on any atom is -0.403 e. The zero-order valence-corrected chi connectivity index (χ0v) is 11.2. The van der Waals surface area contributed by atoms with Gasteiger partial charge in [0.25, 0.3) is 0 Å². The van der Waals surface area contributed by atoms with Crippen LogP contribution < -0.4 is 15.0 Å². The number of rotatable bonds is 2. The minimum atomic E-state index is -4.72. The average molecular weight is 297 g/mol. The number of nitrogens with one attached hydrogen (secondary N) is 1. The van der Waals surface area contributed by atoms with Gasteiger partial charge in [-0.2, -0.15) is 0 Å². The Hall–Kier alpha value is -2.02. The lowest BCUT2D eigenvalue weighted by atomic mass is 10.1. The number of fused-ring (bicyclic) bond motifs is 1. The molecule has 2 aromatic rings. The number of piperazine rings is 1. The molecule has 1 aromatic heterocycles. The highest BCUT2D eigenvalue weighted by atomic mass is 19.4. The molecule has 7 heteroatoms. The van der Waals surface area contributed by atoms with Crippen LogP contribution in [0.2, 0.25) is 0 Å². The first-order valence-corrected chi connectivity index (χ1v) is 6.64. The molecule has 2 heterocycles. The van der Waals surface area contributed by atoms with Crippen molar-refractivity contribution in [3.8, 4) is 5.75 Å². The maximum atomic E-state index is 12.5. The predicted octanol–water partition coefficient (Wildman–Crippen LogP) is 2.54. The van der Waals surface area contributed by atoms with Crippen LogP contribution in [0.1, 0.15) is 0 Å². The van der Waals surface area contributed by atoms with Crippen molar-refractivity contribution in [1.82, 2.24) is 10.3 Å². The number of alkyl halides is 3. The van der Waals surface area contributed by atoms with E-state index >= 15 is 0 Å². The summed E-state index contributed by atoms with van der Waals surface area (Å²) in [5.74, 6) is -0.267. The number of nitrogens with zero attached hydrogens (tertiary/aromatic N) is 2. The molecule has 0 radical (unpaired) electrons. The fourth-order valence-corrected chi connectivity index (χ4v) is 2.52. The summed E-state index contributed by atoms with van der Waals surface area (Å²) in [7, 11) is 0. The number of aromatic nitrogens is 1. The molecule has 1 N–H and O–H groups in total. The van der Waals surface area contributed by atoms with Gasteiger partial charge in [0, 0.05) is 43.4 Å². The average Bonchev–Trinajstić information content (AvgIpc) is 2.46. The second-order valence-corrected chi connectivity index (χ2v) is 4.77. The maximum Gasteiger partial charge on any atom is 0.573 e. The Balaban J connectivity index is 2.05. The number of halogens is 3. The molecule has 1 aliphatic rings. The van der Waals surface area contributed by atoms with Crippen LogP contribution in [0.4, 0.5) is 18.9 Å². The quantitative estimate of drug-likeness (QED) is 0.924. The van der Waals surface area contributed by atoms with E-state index in [2.05, 4.69) is 19.9 Å². The number of anilines is 1. The van der Waals surface area contributed by atoms with Gasteiger partial charge >= 0.3 is 6.36 Å². The summed E-state index contributed by atoms with van der Waals surface area (Å²) >= 11 is 0. The molecule has 0 amide bonds. The highest BCUT2D eigenvalue weighted by Gasteiger charge is 2.32. The van der Waals surface area contributed by atoms with Gasteiger partial charge in [0.2, 0.25) is 0 Å². The van der Waals surface area contributed by atoms with Gasteiger partial charge in [-0.15, -0.1) is 13.2 Å². The summed E-state index contributed by atoms with van der Waals surface area (Å²) in [4.78, 5) is 6.19. The number of benzene rings is 1. The van der Waals surface area contributed by atoms with Crippen molar-refractivity contribution in [2.45, 2.75) is 6.36 Å². The van der Waals surface area contributed by atoms with Gasteiger partial charge in [-0.3, -0.25) is 4.98 Å². The molecular formula is C14H14F3N3O. The molecule has 0 bridgehead atoms. The molecular weight excluding hydrogens is 283 g/mol. The summed E-state index contributed by atoms with van der Waals surface area (Å²) in [5, 5.41) is 3.91. The Kier molecular flexibility index (Phi) is 3.59. The smallest absolute Gasteiger partial charge is 0.403 e. The first-order chi connectivity index (χ1) is 10.0. The lowest BCUT2D eigenvalue weighted by Crippen LogP contribution is -2.43. The van der Waals surface area contributed by atoms with Crippen molar-refractivity contribution in [1.29, 1.82) is 0 Å². The monoisotopic (exact) mass is 297 g/mol. The summed E-state index contributed by atoms with van der Waals surface area (Å²) in [5.41, 5.74) is 1.11. The molecule has 1 aromatic carbocycles. The first-order valence-electron chi connectivity index (χ1n) is 6.64. The fraction of sp³-hybridized carbons (Fsp3) is 0.357. The van der Waals surface area contributed by atoms with Crippen LogP contribution >= 0.6 is 0 Å². The molecule has 1 saturated heterocycles. The van der Waals surface area contributed by atoms with E-state index in [9.17, 15) is 13.2 Å². The summed E-state index contributed by atoms with van der Waals surface area (Å²) in [6.07, 6.45) is -3.20. The van der Waals surface area contributed by atoms with Crippen LogP contribution in [-0.2, 0) is 0 Å². The van der Waals surface area contributed by atoms with Gasteiger partial charge in [0.1, 0.15) is 5.52 Å². The van der Waals surface area contributed by atoms with Crippen molar-refractivity contribution in [3.05, 3.63) is 30.5 Å². The zero-order chi connectivity index (χ0) is 14.9. The van der Waals surface area contributed by atoms with E-state index in [1.807, 2.05) is 6.07 Å². The van der Waals surface area contributed by atoms with Crippen molar-refractivity contribution in [2.24, 2.45) is 0 Å². The molecule has 112 valence electrons. The Bertz CT molecular complexity index is 639. The lowest BCUT2D eigenvalue weighted by Gasteiger charge is -2.30. The fourth-order valence-electron chi connectivity index (χ4n) is 2.52. The van der Waals surface area contributed by atoms with E-state index in [4.69, 9.17) is 0 Å². The number of hydrogen-bond donors (Lipinski definition) is 1. The Morgan fingerprint density at radius 2 is 1.90 bits per heavy atom. The van der Waals surface area contributed by atoms with Crippen molar-refractivity contribution in [3.63, 3.8) is 0 Å². The molecule has 0 spiro atoms. The van der Waals surface area contributed by atoms with Crippen molar-refractivity contribution >= 4 is 16.6 Å². The minimum absolute atomic E-state index is 0.228. The summed E-state index contributed by atoms with van der Waals surface area (Å²) in [6.45, 7) is 3.32. The molecule has 21 heavy (non-hydrogen) atoms. The highest BCUT2D eigenvalue weighted by molar-refractivity contribution is 5.95. The molecule has 1 fully saturated rings. The van der Waals surface area contributed by atoms with E-state index in [0.29, 0.717) is 5.39 Å². The van der Waals surface area contributed by atoms with Crippen LogP contribution in [0.25, 0.3) is 10.9 Å². The molecule has 3 rings (SSSR count). The maximum absolute atomic E-state index is 12.5. The largest absolute Gasteiger partial charge is 0.573 e. The highest BCUT2D eigenvalue weighted by Crippen LogP contribution is 2.33. The SMILES string of the molecule is FC(F)(F)Oc1cccc2c(N3CCNCC3)ccnc12. The third-order valence-corrected chi connectivity index (χ3v) is 3.39. The molecule has 0 atom stereocenters. The van der Waals surface area contributed by atoms with Crippen LogP contribution in [0.5, 0.6) is 5.75 Å². The number of para-hydroxylation sites is 1. The standard InChI is InChI=1S/C14H14F3N3O/c15-14(16,17)21-12-3-1-2-10-11(4-5-19-13(10)12)20-8-6-18-7-9-20/h1-5,18H,6-9H2. The topological polar surface area (TPSA) is 37.4 Å². The van der Waals surface area contributed by atoms with E-state index in [1.165, 1.54) is 12.3 Å². The molecule has 0 aliphatic carbocycles. The van der Waals surface area contributed by atoms with E-state index in [0.717, 1.165) is 31.9 Å². The number of ether oxygens (including phenoxy) is 1. The molecule has 0 saturated carbocycles. The van der Waals surface area contributed by atoms with Gasteiger partial charge in [-0.05, 0) is 12.1 Å². The number of pyridine rings is 1. The zero-order valence-electron chi connectivity index (χ0n) is 11.2. The van der Waals surface area contributed by atoms with Gasteiger partial charge in [0.15, 0.2) is 5.75 Å². The predicted molar refractivity (Wildman–Crippen MR) is 73.5 cm³/mol. The van der Waals surface area contributed by atoms with Crippen LogP contribution in [0.3, 0.4) is 0 Å². The second kappa shape index (κ2) is 5.40. The Morgan fingerprint density at radius 1 is 1.14 bits per heavy atom. The summed E-state index contributed by atoms with van der Waals surface area (Å²) < 4.78 is 41.4. The Morgan fingerprint density at radius 3 is 2.62 bits per heavy atom. The molecule has 1 aliphatic heterocycles. The molecule has 4 nitrogen and oxygen atoms in total. The third-order valence-electron chi connectivity index (χ3n) is 3.39. The van der Waals surface area contributed by atoms with Gasteiger partial charge in [-0.1, -0.05) is 12.1 Å². The van der Waals surface area contributed by atoms with Gasteiger partial charge in [-0.25, -0.2) is 0 Å². The van der Waals surface area contributed by atoms with Crippen LogP contribution in [-0.4, -0.2) is 37.5 Å². The lowest BCUT2D eigenvalue weighted by molar-refractivity contribution is -0.274. The van der Waals surface area contributed by atoms with Gasteiger partial charge in [0.05, 0.1) is 0 Å². The van der Waals surface area contributed by atoms with E-state index in [1.54, 1.807) is 12.1 Å². The number of hydrogen-bond acceptors (Lipinski definition) is 4. The van der Waals surface area contributed by atoms with Crippen LogP contribution in [0, 0.1) is 0 Å². The van der Waals surface area contributed by atoms with E-state index < -0.39 is 6.36 Å². The Labute approximate surface area is 119 Å². The van der Waals surface area contributed by atoms with Crippen molar-refractivity contribution < 1.29 is 17.9 Å². The first kappa shape index (κ1) is 13.9. The van der Waals surface area contributed by atoms with E-state index in [-0.39, 0.29) is 11.3 Å².